The molecule has 0 amide bonds. The van der Waals surface area contributed by atoms with Gasteiger partial charge in [0.05, 0.1) is 13.7 Å². The van der Waals surface area contributed by atoms with Gasteiger partial charge in [-0.2, -0.15) is 0 Å². The van der Waals surface area contributed by atoms with E-state index in [0.717, 1.165) is 36.0 Å². The number of guanidine groups is 1. The Morgan fingerprint density at radius 1 is 1.16 bits per heavy atom. The van der Waals surface area contributed by atoms with Crippen molar-refractivity contribution >= 4 is 17.6 Å². The highest BCUT2D eigenvalue weighted by Crippen LogP contribution is 2.18. The van der Waals surface area contributed by atoms with Crippen molar-refractivity contribution in [2.24, 2.45) is 4.99 Å². The predicted molar refractivity (Wildman–Crippen MR) is 101 cm³/mol. The molecule has 0 spiro atoms. The summed E-state index contributed by atoms with van der Waals surface area (Å²) in [5, 5.41) is 6.97. The van der Waals surface area contributed by atoms with Crippen molar-refractivity contribution < 1.29 is 9.47 Å². The van der Waals surface area contributed by atoms with Crippen LogP contribution in [0.2, 0.25) is 5.15 Å². The summed E-state index contributed by atoms with van der Waals surface area (Å²) in [7, 11) is 3.37. The second kappa shape index (κ2) is 10.4. The summed E-state index contributed by atoms with van der Waals surface area (Å²) < 4.78 is 10.8. The van der Waals surface area contributed by atoms with E-state index < -0.39 is 0 Å². The molecule has 25 heavy (non-hydrogen) atoms. The number of hydrogen-bond acceptors (Lipinski definition) is 4. The minimum Gasteiger partial charge on any atom is -0.497 e. The highest BCUT2D eigenvalue weighted by molar-refractivity contribution is 6.29. The molecule has 2 rings (SSSR count). The minimum atomic E-state index is 0.505. The van der Waals surface area contributed by atoms with Crippen LogP contribution < -0.4 is 20.1 Å². The number of ether oxygens (including phenoxy) is 2. The Balaban J connectivity index is 1.65. The normalized spacial score (nSPS) is 11.1. The Kier molecular flexibility index (Phi) is 7.85. The molecule has 0 unspecified atom stereocenters. The summed E-state index contributed by atoms with van der Waals surface area (Å²) in [5.41, 5.74) is 1.12. The molecule has 0 bridgehead atoms. The van der Waals surface area contributed by atoms with Crippen LogP contribution in [0.15, 0.2) is 47.6 Å². The first-order valence-corrected chi connectivity index (χ1v) is 8.41. The number of nitrogens with zero attached hydrogens (tertiary/aromatic N) is 2. The molecule has 0 aliphatic rings. The molecule has 0 atom stereocenters. The topological polar surface area (TPSA) is 67.8 Å². The lowest BCUT2D eigenvalue weighted by Crippen LogP contribution is -2.40. The van der Waals surface area contributed by atoms with Crippen LogP contribution in [0.3, 0.4) is 0 Å². The second-order valence-corrected chi connectivity index (χ2v) is 5.58. The second-order valence-electron chi connectivity index (χ2n) is 5.19. The van der Waals surface area contributed by atoms with E-state index in [-0.39, 0.29) is 0 Å². The number of nitrogens with one attached hydrogen (secondary N) is 2. The number of rotatable bonds is 8. The number of hydrogen-bond donors (Lipinski definition) is 2. The Morgan fingerprint density at radius 3 is 2.68 bits per heavy atom. The maximum atomic E-state index is 5.78. The lowest BCUT2D eigenvalue weighted by molar-refractivity contribution is 0.319. The number of methoxy groups -OCH3 is 1. The van der Waals surface area contributed by atoms with Crippen molar-refractivity contribution in [3.8, 4) is 11.5 Å². The van der Waals surface area contributed by atoms with Gasteiger partial charge in [0, 0.05) is 25.9 Å². The Hall–Kier alpha value is -2.47. The number of halogens is 1. The average molecular weight is 363 g/mol. The first-order chi connectivity index (χ1) is 12.2. The summed E-state index contributed by atoms with van der Waals surface area (Å²) >= 11 is 5.78. The van der Waals surface area contributed by atoms with Gasteiger partial charge in [0.25, 0.3) is 0 Å². The van der Waals surface area contributed by atoms with E-state index in [9.17, 15) is 0 Å². The van der Waals surface area contributed by atoms with Gasteiger partial charge in [-0.25, -0.2) is 4.98 Å². The van der Waals surface area contributed by atoms with E-state index in [1.807, 2.05) is 30.3 Å². The first kappa shape index (κ1) is 18.9. The zero-order chi connectivity index (χ0) is 17.9. The fraction of sp³-hybridized carbons (Fsp3) is 0.333. The van der Waals surface area contributed by atoms with Crippen LogP contribution >= 0.6 is 11.6 Å². The van der Waals surface area contributed by atoms with Crippen molar-refractivity contribution in [3.63, 3.8) is 0 Å². The number of aliphatic imine (C=N–C) groups is 1. The molecule has 0 saturated carbocycles. The van der Waals surface area contributed by atoms with Crippen LogP contribution in [0.5, 0.6) is 11.5 Å². The number of benzene rings is 1. The molecule has 2 N–H and O–H groups in total. The molecule has 1 aromatic heterocycles. The van der Waals surface area contributed by atoms with Gasteiger partial charge < -0.3 is 20.1 Å². The van der Waals surface area contributed by atoms with E-state index in [4.69, 9.17) is 21.1 Å². The SMILES string of the molecule is CN=C(NCCOc1cccc(OC)c1)NCCc1ccc(Cl)nc1. The third-order valence-corrected chi connectivity index (χ3v) is 3.65. The molecule has 6 nitrogen and oxygen atoms in total. The molecule has 1 aromatic carbocycles. The zero-order valence-electron chi connectivity index (χ0n) is 14.5. The van der Waals surface area contributed by atoms with E-state index in [1.54, 1.807) is 26.4 Å². The van der Waals surface area contributed by atoms with Crippen LogP contribution in [0.4, 0.5) is 0 Å². The van der Waals surface area contributed by atoms with Crippen LogP contribution in [-0.4, -0.2) is 44.8 Å². The first-order valence-electron chi connectivity index (χ1n) is 8.03. The predicted octanol–water partition coefficient (Wildman–Crippen LogP) is 2.53. The van der Waals surface area contributed by atoms with Crippen molar-refractivity contribution in [2.45, 2.75) is 6.42 Å². The molecule has 7 heteroatoms. The lowest BCUT2D eigenvalue weighted by Gasteiger charge is -2.13. The Bertz CT molecular complexity index is 677. The van der Waals surface area contributed by atoms with Crippen molar-refractivity contribution in [2.75, 3.05) is 33.9 Å². The lowest BCUT2D eigenvalue weighted by atomic mass is 10.2. The summed E-state index contributed by atoms with van der Waals surface area (Å²) in [6.07, 6.45) is 2.62. The van der Waals surface area contributed by atoms with Gasteiger partial charge in [0.1, 0.15) is 23.3 Å². The number of aromatic nitrogens is 1. The van der Waals surface area contributed by atoms with Gasteiger partial charge in [-0.15, -0.1) is 0 Å². The van der Waals surface area contributed by atoms with Crippen LogP contribution in [0.1, 0.15) is 5.56 Å². The fourth-order valence-corrected chi connectivity index (χ4v) is 2.24. The highest BCUT2D eigenvalue weighted by Gasteiger charge is 2.00. The zero-order valence-corrected chi connectivity index (χ0v) is 15.2. The summed E-state index contributed by atoms with van der Waals surface area (Å²) in [5.74, 6) is 2.29. The van der Waals surface area contributed by atoms with Crippen LogP contribution in [0, 0.1) is 0 Å². The molecule has 0 radical (unpaired) electrons. The molecule has 134 valence electrons. The monoisotopic (exact) mass is 362 g/mol. The largest absolute Gasteiger partial charge is 0.497 e. The third-order valence-electron chi connectivity index (χ3n) is 3.42. The van der Waals surface area contributed by atoms with Gasteiger partial charge in [-0.05, 0) is 30.2 Å². The summed E-state index contributed by atoms with van der Waals surface area (Å²) in [4.78, 5) is 8.25. The van der Waals surface area contributed by atoms with Gasteiger partial charge in [-0.3, -0.25) is 4.99 Å². The van der Waals surface area contributed by atoms with E-state index in [1.165, 1.54) is 0 Å². The van der Waals surface area contributed by atoms with Crippen molar-refractivity contribution in [1.82, 2.24) is 15.6 Å². The fourth-order valence-electron chi connectivity index (χ4n) is 2.13. The van der Waals surface area contributed by atoms with E-state index in [0.29, 0.717) is 18.3 Å². The molecule has 1 heterocycles. The maximum absolute atomic E-state index is 5.78. The van der Waals surface area contributed by atoms with Gasteiger partial charge >= 0.3 is 0 Å². The Morgan fingerprint density at radius 2 is 1.96 bits per heavy atom. The maximum Gasteiger partial charge on any atom is 0.191 e. The quantitative estimate of drug-likeness (QED) is 0.327. The molecule has 0 saturated heterocycles. The molecular weight excluding hydrogens is 340 g/mol. The standard InChI is InChI=1S/C18H23ClN4O2/c1-20-18(21-9-8-14-6-7-17(19)23-13-14)22-10-11-25-16-5-3-4-15(12-16)24-2/h3-7,12-13H,8-11H2,1-2H3,(H2,20,21,22). The van der Waals surface area contributed by atoms with E-state index >= 15 is 0 Å². The van der Waals surface area contributed by atoms with Gasteiger partial charge in [-0.1, -0.05) is 23.7 Å². The van der Waals surface area contributed by atoms with Crippen molar-refractivity contribution in [3.05, 3.63) is 53.3 Å². The average Bonchev–Trinajstić information content (AvgIpc) is 2.65. The molecular formula is C18H23ClN4O2. The summed E-state index contributed by atoms with van der Waals surface area (Å²) in [6.45, 7) is 1.91. The molecule has 0 aliphatic heterocycles. The van der Waals surface area contributed by atoms with Crippen LogP contribution in [-0.2, 0) is 6.42 Å². The van der Waals surface area contributed by atoms with Gasteiger partial charge in [0.15, 0.2) is 5.96 Å². The number of pyridine rings is 1. The van der Waals surface area contributed by atoms with Gasteiger partial charge in [0.2, 0.25) is 0 Å². The van der Waals surface area contributed by atoms with Crippen LogP contribution in [0.25, 0.3) is 0 Å². The molecule has 2 aromatic rings. The van der Waals surface area contributed by atoms with E-state index in [2.05, 4.69) is 20.6 Å². The summed E-state index contributed by atoms with van der Waals surface area (Å²) in [6, 6.07) is 11.3. The highest BCUT2D eigenvalue weighted by atomic mass is 35.5. The minimum absolute atomic E-state index is 0.505. The Labute approximate surface area is 153 Å². The third kappa shape index (κ3) is 6.89. The smallest absolute Gasteiger partial charge is 0.191 e. The molecule has 0 aliphatic carbocycles. The van der Waals surface area contributed by atoms with Crippen molar-refractivity contribution in [1.29, 1.82) is 0 Å². The molecule has 0 fully saturated rings.